The van der Waals surface area contributed by atoms with Crippen molar-refractivity contribution in [3.63, 3.8) is 0 Å². The zero-order valence-electron chi connectivity index (χ0n) is 6.93. The molecule has 0 aromatic carbocycles. The van der Waals surface area contributed by atoms with Crippen molar-refractivity contribution in [2.45, 2.75) is 12.8 Å². The first-order valence-electron chi connectivity index (χ1n) is 3.48. The molecule has 0 amide bonds. The lowest BCUT2D eigenvalue weighted by Crippen LogP contribution is -1.81. The Labute approximate surface area is 84.9 Å². The fraction of sp³-hybridized carbons (Fsp3) is 0.333. The molecule has 0 saturated heterocycles. The molecule has 64 valence electrons. The van der Waals surface area contributed by atoms with Gasteiger partial charge in [-0.3, -0.25) is 0 Å². The van der Waals surface area contributed by atoms with Gasteiger partial charge in [-0.15, -0.1) is 17.8 Å². The first kappa shape index (κ1) is 9.63. The number of terminal acetylenes is 1. The minimum atomic E-state index is 0.162. The van der Waals surface area contributed by atoms with Crippen LogP contribution in [0.2, 0.25) is 0 Å². The lowest BCUT2D eigenvalue weighted by atomic mass is 10.1. The topological polar surface area (TPSA) is 9.23 Å². The molecule has 1 aromatic rings. The number of halogens is 1. The summed E-state index contributed by atoms with van der Waals surface area (Å²) in [4.78, 5) is 1.15. The summed E-state index contributed by atoms with van der Waals surface area (Å²) < 4.78 is 6.10. The maximum atomic E-state index is 5.31. The molecular weight excluding hydrogens is 236 g/mol. The van der Waals surface area contributed by atoms with E-state index < -0.39 is 0 Å². The maximum absolute atomic E-state index is 5.31. The standard InChI is InChI=1S/C9H9BrOS/c1-4-6(2)8-5-7(10)9(11-3)12-8/h1,5-6H,2-3H3. The number of ether oxygens (including phenoxy) is 1. The Balaban J connectivity index is 2.98. The van der Waals surface area contributed by atoms with Gasteiger partial charge >= 0.3 is 0 Å². The van der Waals surface area contributed by atoms with Gasteiger partial charge in [0.2, 0.25) is 0 Å². The van der Waals surface area contributed by atoms with E-state index in [-0.39, 0.29) is 5.92 Å². The largest absolute Gasteiger partial charge is 0.486 e. The minimum Gasteiger partial charge on any atom is -0.486 e. The molecule has 0 aliphatic rings. The maximum Gasteiger partial charge on any atom is 0.188 e. The van der Waals surface area contributed by atoms with Gasteiger partial charge in [-0.05, 0) is 28.9 Å². The average Bonchev–Trinajstić information content (AvgIpc) is 2.45. The molecule has 1 atom stereocenters. The summed E-state index contributed by atoms with van der Waals surface area (Å²) >= 11 is 4.97. The number of hydrogen-bond acceptors (Lipinski definition) is 2. The Hall–Kier alpha value is -0.460. The van der Waals surface area contributed by atoms with Crippen LogP contribution >= 0.6 is 27.3 Å². The van der Waals surface area contributed by atoms with E-state index in [0.29, 0.717) is 0 Å². The molecule has 0 radical (unpaired) electrons. The number of thiophene rings is 1. The zero-order chi connectivity index (χ0) is 9.14. The van der Waals surface area contributed by atoms with Crippen molar-refractivity contribution in [2.75, 3.05) is 7.11 Å². The monoisotopic (exact) mass is 244 g/mol. The molecule has 0 aliphatic carbocycles. The Kier molecular flexibility index (Phi) is 3.19. The predicted octanol–water partition coefficient (Wildman–Crippen LogP) is 3.26. The fourth-order valence-corrected chi connectivity index (χ4v) is 2.48. The summed E-state index contributed by atoms with van der Waals surface area (Å²) in [5, 5.41) is 0.882. The first-order chi connectivity index (χ1) is 5.69. The Bertz CT molecular complexity index is 311. The van der Waals surface area contributed by atoms with Crippen molar-refractivity contribution in [1.82, 2.24) is 0 Å². The molecule has 0 aliphatic heterocycles. The van der Waals surface area contributed by atoms with Crippen LogP contribution in [0.1, 0.15) is 17.7 Å². The van der Waals surface area contributed by atoms with E-state index in [4.69, 9.17) is 11.2 Å². The van der Waals surface area contributed by atoms with Gasteiger partial charge in [-0.2, -0.15) is 0 Å². The van der Waals surface area contributed by atoms with E-state index in [9.17, 15) is 0 Å². The van der Waals surface area contributed by atoms with Crippen LogP contribution in [0, 0.1) is 12.3 Å². The third-order valence-electron chi connectivity index (χ3n) is 1.54. The van der Waals surface area contributed by atoms with Gasteiger partial charge in [0.15, 0.2) is 5.06 Å². The normalized spacial score (nSPS) is 12.2. The van der Waals surface area contributed by atoms with Crippen LogP contribution in [0.4, 0.5) is 0 Å². The third kappa shape index (κ3) is 1.82. The Morgan fingerprint density at radius 2 is 2.42 bits per heavy atom. The van der Waals surface area contributed by atoms with E-state index in [1.807, 2.05) is 13.0 Å². The molecule has 12 heavy (non-hydrogen) atoms. The third-order valence-corrected chi connectivity index (χ3v) is 3.67. The minimum absolute atomic E-state index is 0.162. The van der Waals surface area contributed by atoms with Crippen molar-refractivity contribution in [3.05, 3.63) is 15.4 Å². The highest BCUT2D eigenvalue weighted by molar-refractivity contribution is 9.10. The highest BCUT2D eigenvalue weighted by Crippen LogP contribution is 2.37. The highest BCUT2D eigenvalue weighted by Gasteiger charge is 2.10. The van der Waals surface area contributed by atoms with Crippen LogP contribution in [-0.2, 0) is 0 Å². The van der Waals surface area contributed by atoms with Crippen molar-refractivity contribution in [1.29, 1.82) is 0 Å². The molecule has 0 spiro atoms. The average molecular weight is 245 g/mol. The predicted molar refractivity (Wildman–Crippen MR) is 55.8 cm³/mol. The van der Waals surface area contributed by atoms with Crippen molar-refractivity contribution < 1.29 is 4.74 Å². The van der Waals surface area contributed by atoms with E-state index in [1.165, 1.54) is 0 Å². The quantitative estimate of drug-likeness (QED) is 0.726. The lowest BCUT2D eigenvalue weighted by Gasteiger charge is -1.96. The lowest BCUT2D eigenvalue weighted by molar-refractivity contribution is 0.425. The molecule has 1 nitrogen and oxygen atoms in total. The van der Waals surface area contributed by atoms with Crippen LogP contribution in [0.3, 0.4) is 0 Å². The smallest absolute Gasteiger partial charge is 0.188 e. The van der Waals surface area contributed by atoms with E-state index >= 15 is 0 Å². The zero-order valence-corrected chi connectivity index (χ0v) is 9.33. The van der Waals surface area contributed by atoms with Crippen molar-refractivity contribution >= 4 is 27.3 Å². The van der Waals surface area contributed by atoms with Crippen LogP contribution in [0.5, 0.6) is 5.06 Å². The SMILES string of the molecule is C#CC(C)c1cc(Br)c(OC)s1. The molecule has 1 unspecified atom stereocenters. The molecule has 0 bridgehead atoms. The van der Waals surface area contributed by atoms with Gasteiger partial charge in [0, 0.05) is 4.88 Å². The Morgan fingerprint density at radius 1 is 1.75 bits per heavy atom. The number of methoxy groups -OCH3 is 1. The second kappa shape index (κ2) is 3.97. The fourth-order valence-electron chi connectivity index (χ4n) is 0.804. The molecular formula is C9H9BrOS. The second-order valence-electron chi connectivity index (χ2n) is 2.38. The number of hydrogen-bond donors (Lipinski definition) is 0. The Morgan fingerprint density at radius 3 is 2.83 bits per heavy atom. The molecule has 3 heteroatoms. The molecule has 0 fully saturated rings. The van der Waals surface area contributed by atoms with Gasteiger partial charge in [-0.1, -0.05) is 5.92 Å². The highest BCUT2D eigenvalue weighted by atomic mass is 79.9. The van der Waals surface area contributed by atoms with E-state index in [1.54, 1.807) is 18.4 Å². The van der Waals surface area contributed by atoms with Crippen LogP contribution < -0.4 is 4.74 Å². The number of rotatable bonds is 2. The second-order valence-corrected chi connectivity index (χ2v) is 4.28. The van der Waals surface area contributed by atoms with Gasteiger partial charge in [0.1, 0.15) is 0 Å². The van der Waals surface area contributed by atoms with Gasteiger partial charge < -0.3 is 4.74 Å². The molecule has 1 rings (SSSR count). The first-order valence-corrected chi connectivity index (χ1v) is 5.09. The van der Waals surface area contributed by atoms with Crippen LogP contribution in [0.15, 0.2) is 10.5 Å². The van der Waals surface area contributed by atoms with Crippen LogP contribution in [-0.4, -0.2) is 7.11 Å². The molecule has 1 aromatic heterocycles. The van der Waals surface area contributed by atoms with Crippen molar-refractivity contribution in [2.24, 2.45) is 0 Å². The summed E-state index contributed by atoms with van der Waals surface area (Å²) in [5.74, 6) is 2.84. The van der Waals surface area contributed by atoms with Gasteiger partial charge in [-0.25, -0.2) is 0 Å². The van der Waals surface area contributed by atoms with E-state index in [2.05, 4.69) is 21.9 Å². The summed E-state index contributed by atoms with van der Waals surface area (Å²) in [6.45, 7) is 2.00. The molecule has 0 saturated carbocycles. The summed E-state index contributed by atoms with van der Waals surface area (Å²) in [6, 6.07) is 2.01. The summed E-state index contributed by atoms with van der Waals surface area (Å²) in [6.07, 6.45) is 5.31. The summed E-state index contributed by atoms with van der Waals surface area (Å²) in [5.41, 5.74) is 0. The molecule has 0 N–H and O–H groups in total. The van der Waals surface area contributed by atoms with Gasteiger partial charge in [0.05, 0.1) is 17.5 Å². The molecule has 1 heterocycles. The van der Waals surface area contributed by atoms with Gasteiger partial charge in [0.25, 0.3) is 0 Å². The summed E-state index contributed by atoms with van der Waals surface area (Å²) in [7, 11) is 1.65. The van der Waals surface area contributed by atoms with Crippen molar-refractivity contribution in [3.8, 4) is 17.4 Å². The van der Waals surface area contributed by atoms with E-state index in [0.717, 1.165) is 14.4 Å². The van der Waals surface area contributed by atoms with Crippen LogP contribution in [0.25, 0.3) is 0 Å².